The Morgan fingerprint density at radius 3 is 2.58 bits per heavy atom. The van der Waals surface area contributed by atoms with Crippen molar-refractivity contribution in [2.75, 3.05) is 19.6 Å². The Morgan fingerprint density at radius 2 is 1.95 bits per heavy atom. The first-order valence-corrected chi connectivity index (χ1v) is 7.77. The number of carbonyl (C=O) groups is 1. The van der Waals surface area contributed by atoms with E-state index in [0.29, 0.717) is 18.7 Å². The van der Waals surface area contributed by atoms with Gasteiger partial charge in [0.25, 0.3) is 0 Å². The lowest BCUT2D eigenvalue weighted by atomic mass is 10.2. The van der Waals surface area contributed by atoms with Crippen LogP contribution in [0.15, 0.2) is 29.2 Å². The average Bonchev–Trinajstić information content (AvgIpc) is 2.38. The average molecular weight is 284 g/mol. The zero-order chi connectivity index (χ0) is 14.3. The summed E-state index contributed by atoms with van der Waals surface area (Å²) in [5.74, 6) is -0.151. The van der Waals surface area contributed by atoms with Gasteiger partial charge in [-0.15, -0.1) is 0 Å². The fraction of sp³-hybridized carbons (Fsp3) is 0.462. The maximum Gasteiger partial charge on any atom is 0.240 e. The van der Waals surface area contributed by atoms with Crippen LogP contribution in [0.2, 0.25) is 0 Å². The zero-order valence-electron chi connectivity index (χ0n) is 11.3. The second kappa shape index (κ2) is 7.37. The first-order chi connectivity index (χ1) is 8.97. The lowest BCUT2D eigenvalue weighted by molar-refractivity contribution is 0.101. The third-order valence-electron chi connectivity index (χ3n) is 2.57. The van der Waals surface area contributed by atoms with E-state index in [-0.39, 0.29) is 10.7 Å². The Kier molecular flexibility index (Phi) is 6.14. The molecule has 0 saturated carbocycles. The molecule has 0 heterocycles. The van der Waals surface area contributed by atoms with Crippen LogP contribution in [0.3, 0.4) is 0 Å². The number of rotatable bonds is 8. The summed E-state index contributed by atoms with van der Waals surface area (Å²) >= 11 is 0. The Hall–Kier alpha value is -1.24. The van der Waals surface area contributed by atoms with E-state index in [1.165, 1.54) is 19.1 Å². The van der Waals surface area contributed by atoms with Crippen molar-refractivity contribution < 1.29 is 13.2 Å². The van der Waals surface area contributed by atoms with Crippen molar-refractivity contribution in [1.82, 2.24) is 10.0 Å². The molecule has 106 valence electrons. The largest absolute Gasteiger partial charge is 0.315 e. The van der Waals surface area contributed by atoms with Crippen molar-refractivity contribution >= 4 is 15.8 Å². The van der Waals surface area contributed by atoms with Gasteiger partial charge in [-0.25, -0.2) is 13.1 Å². The number of hydrogen-bond acceptors (Lipinski definition) is 4. The molecule has 0 amide bonds. The van der Waals surface area contributed by atoms with Gasteiger partial charge in [0.2, 0.25) is 10.0 Å². The van der Waals surface area contributed by atoms with Crippen LogP contribution in [-0.2, 0) is 10.0 Å². The van der Waals surface area contributed by atoms with E-state index in [2.05, 4.69) is 10.0 Å². The molecule has 0 spiro atoms. The lowest BCUT2D eigenvalue weighted by Gasteiger charge is -2.08. The lowest BCUT2D eigenvalue weighted by Crippen LogP contribution is -2.32. The molecular weight excluding hydrogens is 264 g/mol. The summed E-state index contributed by atoms with van der Waals surface area (Å²) in [7, 11) is -3.55. The molecule has 0 fully saturated rings. The van der Waals surface area contributed by atoms with Crippen LogP contribution in [0.1, 0.15) is 30.6 Å². The third kappa shape index (κ3) is 5.10. The SMILES string of the molecule is CCCNCCNS(=O)(=O)c1cccc(C(C)=O)c1. The number of benzene rings is 1. The monoisotopic (exact) mass is 284 g/mol. The fourth-order valence-electron chi connectivity index (χ4n) is 1.54. The molecule has 0 aliphatic rings. The van der Waals surface area contributed by atoms with Gasteiger partial charge < -0.3 is 5.32 Å². The van der Waals surface area contributed by atoms with Gasteiger partial charge in [-0.2, -0.15) is 0 Å². The van der Waals surface area contributed by atoms with E-state index < -0.39 is 10.0 Å². The molecule has 19 heavy (non-hydrogen) atoms. The minimum atomic E-state index is -3.55. The maximum absolute atomic E-state index is 12.0. The number of hydrogen-bond donors (Lipinski definition) is 2. The van der Waals surface area contributed by atoms with E-state index in [4.69, 9.17) is 0 Å². The molecule has 0 aliphatic heterocycles. The van der Waals surface area contributed by atoms with Gasteiger partial charge in [0.05, 0.1) is 4.90 Å². The number of carbonyl (C=O) groups excluding carboxylic acids is 1. The highest BCUT2D eigenvalue weighted by molar-refractivity contribution is 7.89. The summed E-state index contributed by atoms with van der Waals surface area (Å²) in [6, 6.07) is 6.04. The van der Waals surface area contributed by atoms with Crippen molar-refractivity contribution in [2.24, 2.45) is 0 Å². The highest BCUT2D eigenvalue weighted by Crippen LogP contribution is 2.11. The van der Waals surface area contributed by atoms with Crippen molar-refractivity contribution in [2.45, 2.75) is 25.2 Å². The normalized spacial score (nSPS) is 11.5. The van der Waals surface area contributed by atoms with E-state index in [0.717, 1.165) is 13.0 Å². The van der Waals surface area contributed by atoms with Crippen LogP contribution in [0.25, 0.3) is 0 Å². The van der Waals surface area contributed by atoms with Crippen LogP contribution >= 0.6 is 0 Å². The molecule has 0 unspecified atom stereocenters. The highest BCUT2D eigenvalue weighted by Gasteiger charge is 2.14. The van der Waals surface area contributed by atoms with Crippen LogP contribution < -0.4 is 10.0 Å². The number of Topliss-reactive ketones (excluding diaryl/α,β-unsaturated/α-hetero) is 1. The second-order valence-corrected chi connectivity index (χ2v) is 6.00. The van der Waals surface area contributed by atoms with Crippen LogP contribution in [-0.4, -0.2) is 33.8 Å². The molecule has 5 nitrogen and oxygen atoms in total. The predicted octanol–water partition coefficient (Wildman–Crippen LogP) is 1.17. The molecule has 6 heteroatoms. The third-order valence-corrected chi connectivity index (χ3v) is 4.03. The standard InChI is InChI=1S/C13H20N2O3S/c1-3-7-14-8-9-15-19(17,18)13-6-4-5-12(10-13)11(2)16/h4-6,10,14-15H,3,7-9H2,1-2H3. The first kappa shape index (κ1) is 15.8. The van der Waals surface area contributed by atoms with Crippen molar-refractivity contribution in [1.29, 1.82) is 0 Å². The molecule has 1 aromatic carbocycles. The summed E-state index contributed by atoms with van der Waals surface area (Å²) in [5, 5.41) is 3.11. The van der Waals surface area contributed by atoms with Crippen molar-refractivity contribution in [3.63, 3.8) is 0 Å². The van der Waals surface area contributed by atoms with E-state index in [9.17, 15) is 13.2 Å². The minimum Gasteiger partial charge on any atom is -0.315 e. The van der Waals surface area contributed by atoms with Crippen LogP contribution in [0.5, 0.6) is 0 Å². The van der Waals surface area contributed by atoms with Crippen molar-refractivity contribution in [3.05, 3.63) is 29.8 Å². The molecule has 0 aliphatic carbocycles. The minimum absolute atomic E-state index is 0.121. The molecule has 0 aromatic heterocycles. The summed E-state index contributed by atoms with van der Waals surface area (Å²) in [6.07, 6.45) is 1.01. The predicted molar refractivity (Wildman–Crippen MR) is 74.8 cm³/mol. The van der Waals surface area contributed by atoms with Crippen LogP contribution in [0, 0.1) is 0 Å². The summed E-state index contributed by atoms with van der Waals surface area (Å²) in [5.41, 5.74) is 0.395. The van der Waals surface area contributed by atoms with Gasteiger partial charge in [-0.3, -0.25) is 4.79 Å². The Balaban J connectivity index is 2.66. The van der Waals surface area contributed by atoms with Gasteiger partial charge in [-0.05, 0) is 32.0 Å². The molecule has 0 atom stereocenters. The second-order valence-electron chi connectivity index (χ2n) is 4.23. The van der Waals surface area contributed by atoms with Gasteiger partial charge in [0, 0.05) is 18.7 Å². The topological polar surface area (TPSA) is 75.3 Å². The first-order valence-electron chi connectivity index (χ1n) is 6.28. The number of ketones is 1. The van der Waals surface area contributed by atoms with Crippen LogP contribution in [0.4, 0.5) is 0 Å². The summed E-state index contributed by atoms with van der Waals surface area (Å²) in [4.78, 5) is 11.4. The van der Waals surface area contributed by atoms with Crippen molar-refractivity contribution in [3.8, 4) is 0 Å². The number of sulfonamides is 1. The van der Waals surface area contributed by atoms with Gasteiger partial charge in [-0.1, -0.05) is 19.1 Å². The molecule has 1 rings (SSSR count). The fourth-order valence-corrected chi connectivity index (χ4v) is 2.62. The molecule has 1 aromatic rings. The van der Waals surface area contributed by atoms with E-state index >= 15 is 0 Å². The van der Waals surface area contributed by atoms with Gasteiger partial charge >= 0.3 is 0 Å². The Morgan fingerprint density at radius 1 is 1.21 bits per heavy atom. The summed E-state index contributed by atoms with van der Waals surface area (Å²) < 4.78 is 26.5. The Bertz CT molecular complexity index is 526. The van der Waals surface area contributed by atoms with E-state index in [1.807, 2.05) is 6.92 Å². The molecule has 2 N–H and O–H groups in total. The maximum atomic E-state index is 12.0. The quantitative estimate of drug-likeness (QED) is 0.555. The zero-order valence-corrected chi connectivity index (χ0v) is 12.1. The number of nitrogens with one attached hydrogen (secondary N) is 2. The molecule has 0 bridgehead atoms. The van der Waals surface area contributed by atoms with E-state index in [1.54, 1.807) is 12.1 Å². The van der Waals surface area contributed by atoms with Gasteiger partial charge in [0.15, 0.2) is 5.78 Å². The van der Waals surface area contributed by atoms with Gasteiger partial charge in [0.1, 0.15) is 0 Å². The summed E-state index contributed by atoms with van der Waals surface area (Å²) in [6.45, 7) is 5.23. The Labute approximate surface area is 114 Å². The molecular formula is C13H20N2O3S. The molecule has 0 saturated heterocycles. The highest BCUT2D eigenvalue weighted by atomic mass is 32.2. The smallest absolute Gasteiger partial charge is 0.240 e. The molecule has 0 radical (unpaired) electrons.